The minimum atomic E-state index is 0.697. The second-order valence-corrected chi connectivity index (χ2v) is 15.2. The molecule has 0 atom stereocenters. The minimum Gasteiger partial charge on any atom is -0.455 e. The molecule has 0 aliphatic carbocycles. The normalized spacial score (nSPS) is 11.6. The van der Waals surface area contributed by atoms with E-state index in [0.717, 1.165) is 61.1 Å². The second-order valence-electron chi connectivity index (χ2n) is 14.1. The lowest BCUT2D eigenvalue weighted by molar-refractivity contribution is 0.670. The van der Waals surface area contributed by atoms with Crippen LogP contribution in [0.25, 0.3) is 109 Å². The van der Waals surface area contributed by atoms with Gasteiger partial charge in [0, 0.05) is 53.2 Å². The molecule has 56 heavy (non-hydrogen) atoms. The van der Waals surface area contributed by atoms with E-state index in [9.17, 15) is 0 Å². The van der Waals surface area contributed by atoms with E-state index in [1.165, 1.54) is 42.4 Å². The number of nitrogens with zero attached hydrogens (tertiary/aromatic N) is 2. The van der Waals surface area contributed by atoms with Crippen molar-refractivity contribution in [3.05, 3.63) is 194 Å². The van der Waals surface area contributed by atoms with Crippen molar-refractivity contribution in [3.63, 3.8) is 0 Å². The van der Waals surface area contributed by atoms with E-state index in [4.69, 9.17) is 14.4 Å². The number of para-hydroxylation sites is 1. The standard InChI is InChI=1S/C52H32N2OS/c1-3-11-33(12-4-1)34-19-23-36(24-20-34)45-32-46(54-52(53-45)38-13-5-2-6-14-38)37-25-21-35(22-26-37)41-29-28-40(50-43-16-7-9-17-47(43)55-51(41)50)39-27-30-49-44(31-39)42-15-8-10-18-48(42)56-49/h1-32H. The van der Waals surface area contributed by atoms with Crippen molar-refractivity contribution in [1.29, 1.82) is 0 Å². The fourth-order valence-corrected chi connectivity index (χ4v) is 9.02. The molecule has 0 saturated heterocycles. The Hall–Kier alpha value is -7.14. The van der Waals surface area contributed by atoms with E-state index in [2.05, 4.69) is 164 Å². The number of rotatable bonds is 6. The molecule has 3 heterocycles. The summed E-state index contributed by atoms with van der Waals surface area (Å²) in [6.45, 7) is 0. The highest BCUT2D eigenvalue weighted by Crippen LogP contribution is 2.44. The van der Waals surface area contributed by atoms with Gasteiger partial charge < -0.3 is 4.42 Å². The van der Waals surface area contributed by atoms with Gasteiger partial charge in [0.05, 0.1) is 11.4 Å². The fourth-order valence-electron chi connectivity index (χ4n) is 7.93. The summed E-state index contributed by atoms with van der Waals surface area (Å²) >= 11 is 1.84. The largest absolute Gasteiger partial charge is 0.455 e. The molecule has 8 aromatic carbocycles. The molecule has 0 radical (unpaired) electrons. The van der Waals surface area contributed by atoms with Crippen molar-refractivity contribution in [3.8, 4) is 67.3 Å². The highest BCUT2D eigenvalue weighted by atomic mass is 32.1. The molecule has 0 spiro atoms. The molecule has 0 unspecified atom stereocenters. The van der Waals surface area contributed by atoms with Gasteiger partial charge in [0.1, 0.15) is 11.2 Å². The average molecular weight is 733 g/mol. The molecule has 11 rings (SSSR count). The molecule has 0 N–H and O–H groups in total. The molecule has 11 aromatic rings. The Morgan fingerprint density at radius 2 is 0.893 bits per heavy atom. The SMILES string of the molecule is c1ccc(-c2ccc(-c3cc(-c4ccc(-c5ccc(-c6ccc7sc8ccccc8c7c6)c6c5oc5ccccc56)cc4)nc(-c4ccccc4)n3)cc2)cc1. The van der Waals surface area contributed by atoms with Crippen LogP contribution in [0.2, 0.25) is 0 Å². The third-order valence-electron chi connectivity index (χ3n) is 10.8. The highest BCUT2D eigenvalue weighted by molar-refractivity contribution is 7.25. The Bertz CT molecular complexity index is 3220. The summed E-state index contributed by atoms with van der Waals surface area (Å²) in [5.41, 5.74) is 13.4. The van der Waals surface area contributed by atoms with E-state index in [-0.39, 0.29) is 0 Å². The molecule has 0 bridgehead atoms. The van der Waals surface area contributed by atoms with Gasteiger partial charge in [-0.1, -0.05) is 158 Å². The Labute approximate surface area is 327 Å². The van der Waals surface area contributed by atoms with E-state index in [1.807, 2.05) is 41.7 Å². The van der Waals surface area contributed by atoms with E-state index in [1.54, 1.807) is 0 Å². The Morgan fingerprint density at radius 1 is 0.357 bits per heavy atom. The highest BCUT2D eigenvalue weighted by Gasteiger charge is 2.19. The average Bonchev–Trinajstić information content (AvgIpc) is 3.85. The molecule has 0 aliphatic heterocycles. The van der Waals surface area contributed by atoms with Gasteiger partial charge in [0.2, 0.25) is 0 Å². The van der Waals surface area contributed by atoms with Gasteiger partial charge >= 0.3 is 0 Å². The van der Waals surface area contributed by atoms with Crippen LogP contribution in [0.15, 0.2) is 199 Å². The summed E-state index contributed by atoms with van der Waals surface area (Å²) < 4.78 is 9.31. The van der Waals surface area contributed by atoms with Gasteiger partial charge in [-0.15, -0.1) is 11.3 Å². The summed E-state index contributed by atoms with van der Waals surface area (Å²) in [7, 11) is 0. The number of aromatic nitrogens is 2. The van der Waals surface area contributed by atoms with Gasteiger partial charge in [-0.2, -0.15) is 0 Å². The number of thiophene rings is 1. The van der Waals surface area contributed by atoms with Crippen molar-refractivity contribution < 1.29 is 4.42 Å². The van der Waals surface area contributed by atoms with Gasteiger partial charge in [-0.05, 0) is 64.2 Å². The summed E-state index contributed by atoms with van der Waals surface area (Å²) in [5.74, 6) is 0.697. The molecule has 0 fully saturated rings. The number of benzene rings is 8. The van der Waals surface area contributed by atoms with Crippen LogP contribution in [0.4, 0.5) is 0 Å². The lowest BCUT2D eigenvalue weighted by Crippen LogP contribution is -1.96. The molecule has 0 saturated carbocycles. The summed E-state index contributed by atoms with van der Waals surface area (Å²) in [5, 5.41) is 4.83. The Kier molecular flexibility index (Phi) is 7.68. The predicted octanol–water partition coefficient (Wildman–Crippen LogP) is 14.7. The van der Waals surface area contributed by atoms with Crippen molar-refractivity contribution >= 4 is 53.4 Å². The van der Waals surface area contributed by atoms with Gasteiger partial charge in [-0.3, -0.25) is 0 Å². The molecular formula is C52H32N2OS. The lowest BCUT2D eigenvalue weighted by Gasteiger charge is -2.11. The zero-order valence-corrected chi connectivity index (χ0v) is 31.0. The fraction of sp³-hybridized carbons (Fsp3) is 0. The maximum absolute atomic E-state index is 6.71. The van der Waals surface area contributed by atoms with Gasteiger partial charge in [0.25, 0.3) is 0 Å². The molecule has 3 aromatic heterocycles. The first-order valence-electron chi connectivity index (χ1n) is 18.8. The van der Waals surface area contributed by atoms with E-state index in [0.29, 0.717) is 5.82 Å². The first-order valence-corrected chi connectivity index (χ1v) is 19.6. The molecular weight excluding hydrogens is 701 g/mol. The van der Waals surface area contributed by atoms with Crippen molar-refractivity contribution in [2.75, 3.05) is 0 Å². The van der Waals surface area contributed by atoms with Crippen molar-refractivity contribution in [2.45, 2.75) is 0 Å². The van der Waals surface area contributed by atoms with Crippen LogP contribution >= 0.6 is 11.3 Å². The van der Waals surface area contributed by atoms with Crippen molar-refractivity contribution in [1.82, 2.24) is 9.97 Å². The summed E-state index contributed by atoms with van der Waals surface area (Å²) in [4.78, 5) is 10.2. The van der Waals surface area contributed by atoms with Crippen LogP contribution in [0.1, 0.15) is 0 Å². The van der Waals surface area contributed by atoms with Gasteiger partial charge in [-0.25, -0.2) is 9.97 Å². The number of fused-ring (bicyclic) bond motifs is 6. The third kappa shape index (κ3) is 5.58. The number of hydrogen-bond acceptors (Lipinski definition) is 4. The van der Waals surface area contributed by atoms with Crippen LogP contribution in [-0.2, 0) is 0 Å². The van der Waals surface area contributed by atoms with Crippen LogP contribution in [-0.4, -0.2) is 9.97 Å². The van der Waals surface area contributed by atoms with Crippen LogP contribution < -0.4 is 0 Å². The van der Waals surface area contributed by atoms with E-state index >= 15 is 0 Å². The quantitative estimate of drug-likeness (QED) is 0.171. The monoisotopic (exact) mass is 732 g/mol. The maximum atomic E-state index is 6.71. The molecule has 4 heteroatoms. The first kappa shape index (κ1) is 32.3. The lowest BCUT2D eigenvalue weighted by atomic mass is 9.93. The first-order chi connectivity index (χ1) is 27.7. The smallest absolute Gasteiger partial charge is 0.160 e. The topological polar surface area (TPSA) is 38.9 Å². The van der Waals surface area contributed by atoms with Crippen LogP contribution in [0.5, 0.6) is 0 Å². The number of hydrogen-bond donors (Lipinski definition) is 0. The summed E-state index contributed by atoms with van der Waals surface area (Å²) in [6.07, 6.45) is 0. The second kappa shape index (κ2) is 13.3. The molecule has 0 amide bonds. The van der Waals surface area contributed by atoms with Crippen LogP contribution in [0.3, 0.4) is 0 Å². The zero-order valence-electron chi connectivity index (χ0n) is 30.2. The third-order valence-corrected chi connectivity index (χ3v) is 11.9. The van der Waals surface area contributed by atoms with Gasteiger partial charge in [0.15, 0.2) is 5.82 Å². The Morgan fingerprint density at radius 3 is 1.62 bits per heavy atom. The minimum absolute atomic E-state index is 0.697. The Balaban J connectivity index is 1.00. The van der Waals surface area contributed by atoms with E-state index < -0.39 is 0 Å². The number of furan rings is 1. The maximum Gasteiger partial charge on any atom is 0.160 e. The molecule has 3 nitrogen and oxygen atoms in total. The predicted molar refractivity (Wildman–Crippen MR) is 235 cm³/mol. The van der Waals surface area contributed by atoms with Crippen molar-refractivity contribution in [2.24, 2.45) is 0 Å². The molecule has 0 aliphatic rings. The summed E-state index contributed by atoms with van der Waals surface area (Å²) in [6, 6.07) is 68.4. The zero-order chi connectivity index (χ0) is 37.0. The van der Waals surface area contributed by atoms with Crippen LogP contribution in [0, 0.1) is 0 Å². The molecule has 262 valence electrons.